The Balaban J connectivity index is 2.07. The van der Waals surface area contributed by atoms with Gasteiger partial charge in [0.05, 0.1) is 41.8 Å². The van der Waals surface area contributed by atoms with E-state index in [1.807, 2.05) is 6.92 Å². The molecule has 2 heterocycles. The summed E-state index contributed by atoms with van der Waals surface area (Å²) in [6, 6.07) is 0.0353. The quantitative estimate of drug-likeness (QED) is 0.845. The second-order valence-corrected chi connectivity index (χ2v) is 4.72. The van der Waals surface area contributed by atoms with E-state index in [0.717, 1.165) is 17.9 Å². The summed E-state index contributed by atoms with van der Waals surface area (Å²) in [5, 5.41) is 17.5. The van der Waals surface area contributed by atoms with E-state index in [9.17, 15) is 5.11 Å². The zero-order chi connectivity index (χ0) is 12.4. The second kappa shape index (κ2) is 5.35. The van der Waals surface area contributed by atoms with E-state index in [1.165, 1.54) is 0 Å². The Morgan fingerprint density at radius 2 is 2.35 bits per heavy atom. The highest BCUT2D eigenvalue weighted by molar-refractivity contribution is 6.31. The van der Waals surface area contributed by atoms with E-state index in [0.29, 0.717) is 24.8 Å². The van der Waals surface area contributed by atoms with E-state index in [4.69, 9.17) is 16.3 Å². The van der Waals surface area contributed by atoms with Crippen LogP contribution < -0.4 is 0 Å². The van der Waals surface area contributed by atoms with Crippen molar-refractivity contribution < 1.29 is 9.84 Å². The number of hydrogen-bond donors (Lipinski definition) is 2. The first-order chi connectivity index (χ1) is 8.13. The maximum Gasteiger partial charge on any atom is 0.0951 e. The zero-order valence-corrected chi connectivity index (χ0v) is 10.9. The number of aliphatic hydroxyl groups is 1. The molecule has 0 saturated carbocycles. The lowest BCUT2D eigenvalue weighted by molar-refractivity contribution is 0.0801. The van der Waals surface area contributed by atoms with E-state index >= 15 is 0 Å². The lowest BCUT2D eigenvalue weighted by atomic mass is 10.1. The van der Waals surface area contributed by atoms with Crippen LogP contribution in [-0.4, -0.2) is 52.1 Å². The molecular weight excluding hydrogens is 242 g/mol. The lowest BCUT2D eigenvalue weighted by Crippen LogP contribution is -2.42. The van der Waals surface area contributed by atoms with E-state index in [-0.39, 0.29) is 6.04 Å². The van der Waals surface area contributed by atoms with Gasteiger partial charge in [-0.3, -0.25) is 10.00 Å². The minimum Gasteiger partial charge on any atom is -0.389 e. The number of halogens is 1. The van der Waals surface area contributed by atoms with Gasteiger partial charge in [-0.2, -0.15) is 5.10 Å². The number of ether oxygens (including phenoxy) is 1. The van der Waals surface area contributed by atoms with Crippen LogP contribution in [0, 0.1) is 6.92 Å². The van der Waals surface area contributed by atoms with Gasteiger partial charge in [0.2, 0.25) is 0 Å². The standard InChI is InChI=1S/C11H18ClN3O2/c1-3-15(9-5-17-6-10(9)16)4-8-11(12)7(2)13-14-8/h9-10,16H,3-6H2,1-2H3,(H,13,14)/t9-,10-/m1/s1. The molecule has 0 radical (unpaired) electrons. The summed E-state index contributed by atoms with van der Waals surface area (Å²) in [4.78, 5) is 2.14. The Labute approximate surface area is 106 Å². The third kappa shape index (κ3) is 2.63. The summed E-state index contributed by atoms with van der Waals surface area (Å²) < 4.78 is 5.27. The van der Waals surface area contributed by atoms with Crippen LogP contribution in [-0.2, 0) is 11.3 Å². The minimum absolute atomic E-state index is 0.0353. The van der Waals surface area contributed by atoms with Gasteiger partial charge in [-0.15, -0.1) is 0 Å². The Kier molecular flexibility index (Phi) is 4.04. The number of aliphatic hydroxyl groups excluding tert-OH is 1. The van der Waals surface area contributed by atoms with Crippen molar-refractivity contribution in [3.8, 4) is 0 Å². The van der Waals surface area contributed by atoms with Gasteiger partial charge in [0.15, 0.2) is 0 Å². The average molecular weight is 260 g/mol. The van der Waals surface area contributed by atoms with Crippen molar-refractivity contribution >= 4 is 11.6 Å². The summed E-state index contributed by atoms with van der Waals surface area (Å²) in [5.74, 6) is 0. The van der Waals surface area contributed by atoms with Crippen LogP contribution in [0.2, 0.25) is 5.02 Å². The van der Waals surface area contributed by atoms with Crippen molar-refractivity contribution in [3.63, 3.8) is 0 Å². The molecule has 0 spiro atoms. The molecule has 0 amide bonds. The maximum atomic E-state index is 9.82. The number of aryl methyl sites for hydroxylation is 1. The number of nitrogens with one attached hydrogen (secondary N) is 1. The number of aromatic amines is 1. The van der Waals surface area contributed by atoms with Gasteiger partial charge in [0.25, 0.3) is 0 Å². The van der Waals surface area contributed by atoms with Crippen LogP contribution in [0.4, 0.5) is 0 Å². The molecule has 0 unspecified atom stereocenters. The predicted octanol–water partition coefficient (Wildman–Crippen LogP) is 0.953. The number of H-pyrrole nitrogens is 1. The van der Waals surface area contributed by atoms with Crippen LogP contribution in [0.5, 0.6) is 0 Å². The first-order valence-electron chi connectivity index (χ1n) is 5.82. The molecule has 0 aromatic carbocycles. The number of nitrogens with zero attached hydrogens (tertiary/aromatic N) is 2. The molecule has 1 aromatic rings. The molecule has 1 aromatic heterocycles. The first kappa shape index (κ1) is 12.8. The Morgan fingerprint density at radius 3 is 2.82 bits per heavy atom. The van der Waals surface area contributed by atoms with E-state index < -0.39 is 6.10 Å². The normalized spacial score (nSPS) is 24.8. The molecule has 5 nitrogen and oxygen atoms in total. The zero-order valence-electron chi connectivity index (χ0n) is 10.1. The van der Waals surface area contributed by atoms with Gasteiger partial charge < -0.3 is 9.84 Å². The van der Waals surface area contributed by atoms with Crippen molar-refractivity contribution in [2.45, 2.75) is 32.5 Å². The molecule has 6 heteroatoms. The van der Waals surface area contributed by atoms with Crippen molar-refractivity contribution in [2.24, 2.45) is 0 Å². The summed E-state index contributed by atoms with van der Waals surface area (Å²) in [7, 11) is 0. The number of likely N-dealkylation sites (N-methyl/N-ethyl adjacent to an activating group) is 1. The molecule has 2 N–H and O–H groups in total. The maximum absolute atomic E-state index is 9.82. The number of hydrogen-bond acceptors (Lipinski definition) is 4. The lowest BCUT2D eigenvalue weighted by Gasteiger charge is -2.27. The Bertz CT molecular complexity index is 383. The average Bonchev–Trinajstić information content (AvgIpc) is 2.86. The van der Waals surface area contributed by atoms with Gasteiger partial charge in [0, 0.05) is 6.54 Å². The van der Waals surface area contributed by atoms with Gasteiger partial charge in [-0.1, -0.05) is 18.5 Å². The SMILES string of the molecule is CCN(Cc1n[nH]c(C)c1Cl)[C@@H]1COC[C@H]1O. The van der Waals surface area contributed by atoms with Crippen LogP contribution in [0.1, 0.15) is 18.3 Å². The second-order valence-electron chi connectivity index (χ2n) is 4.34. The first-order valence-corrected chi connectivity index (χ1v) is 6.20. The fourth-order valence-corrected chi connectivity index (χ4v) is 2.25. The smallest absolute Gasteiger partial charge is 0.0951 e. The number of aromatic nitrogens is 2. The van der Waals surface area contributed by atoms with E-state index in [1.54, 1.807) is 0 Å². The predicted molar refractivity (Wildman–Crippen MR) is 65.0 cm³/mol. The molecule has 0 bridgehead atoms. The van der Waals surface area contributed by atoms with Crippen LogP contribution in [0.3, 0.4) is 0 Å². The summed E-state index contributed by atoms with van der Waals surface area (Å²) in [6.45, 7) is 6.38. The van der Waals surface area contributed by atoms with Crippen molar-refractivity contribution in [1.29, 1.82) is 0 Å². The van der Waals surface area contributed by atoms with Crippen molar-refractivity contribution in [2.75, 3.05) is 19.8 Å². The van der Waals surface area contributed by atoms with Crippen molar-refractivity contribution in [1.82, 2.24) is 15.1 Å². The van der Waals surface area contributed by atoms with Gasteiger partial charge >= 0.3 is 0 Å². The Morgan fingerprint density at radius 1 is 1.59 bits per heavy atom. The van der Waals surface area contributed by atoms with Crippen LogP contribution in [0.25, 0.3) is 0 Å². The highest BCUT2D eigenvalue weighted by Crippen LogP contribution is 2.21. The highest BCUT2D eigenvalue weighted by atomic mass is 35.5. The molecule has 96 valence electrons. The largest absolute Gasteiger partial charge is 0.389 e. The molecule has 1 aliphatic heterocycles. The third-order valence-corrected chi connectivity index (χ3v) is 3.69. The molecule has 1 aliphatic rings. The van der Waals surface area contributed by atoms with Gasteiger partial charge in [0.1, 0.15) is 0 Å². The van der Waals surface area contributed by atoms with Gasteiger partial charge in [-0.25, -0.2) is 0 Å². The molecule has 1 fully saturated rings. The summed E-state index contributed by atoms with van der Waals surface area (Å²) in [5.41, 5.74) is 1.70. The molecular formula is C11H18ClN3O2. The molecule has 1 saturated heterocycles. The fourth-order valence-electron chi connectivity index (χ4n) is 2.11. The third-order valence-electron chi connectivity index (χ3n) is 3.19. The topological polar surface area (TPSA) is 61.4 Å². The number of rotatable bonds is 4. The summed E-state index contributed by atoms with van der Waals surface area (Å²) in [6.07, 6.45) is -0.422. The molecule has 17 heavy (non-hydrogen) atoms. The molecule has 2 rings (SSSR count). The fraction of sp³-hybridized carbons (Fsp3) is 0.727. The monoisotopic (exact) mass is 259 g/mol. The van der Waals surface area contributed by atoms with Gasteiger partial charge in [-0.05, 0) is 13.5 Å². The highest BCUT2D eigenvalue weighted by Gasteiger charge is 2.31. The van der Waals surface area contributed by atoms with Crippen LogP contribution in [0.15, 0.2) is 0 Å². The van der Waals surface area contributed by atoms with Crippen LogP contribution >= 0.6 is 11.6 Å². The van der Waals surface area contributed by atoms with Crippen molar-refractivity contribution in [3.05, 3.63) is 16.4 Å². The minimum atomic E-state index is -0.422. The summed E-state index contributed by atoms with van der Waals surface area (Å²) >= 11 is 6.14. The van der Waals surface area contributed by atoms with E-state index in [2.05, 4.69) is 22.0 Å². The molecule has 2 atom stereocenters. The molecule has 0 aliphatic carbocycles. The Hall–Kier alpha value is -0.620.